The zero-order chi connectivity index (χ0) is 10.3. The van der Waals surface area contributed by atoms with E-state index in [1.165, 1.54) is 6.92 Å². The third-order valence-corrected chi connectivity index (χ3v) is 2.63. The summed E-state index contributed by atoms with van der Waals surface area (Å²) in [5, 5.41) is 0. The molecule has 0 unspecified atom stereocenters. The minimum absolute atomic E-state index is 0.107. The highest BCUT2D eigenvalue weighted by atomic mass is 16.3. The molecular formula is C11H12O3. The van der Waals surface area contributed by atoms with E-state index in [0.29, 0.717) is 23.5 Å². The largest absolute Gasteiger partial charge is 0.457 e. The lowest BCUT2D eigenvalue weighted by Crippen LogP contribution is -2.09. The van der Waals surface area contributed by atoms with E-state index in [1.54, 1.807) is 6.92 Å². The third-order valence-electron chi connectivity index (χ3n) is 2.63. The van der Waals surface area contributed by atoms with Gasteiger partial charge in [-0.3, -0.25) is 9.59 Å². The van der Waals surface area contributed by atoms with Gasteiger partial charge >= 0.3 is 0 Å². The molecule has 0 saturated carbocycles. The highest BCUT2D eigenvalue weighted by molar-refractivity contribution is 6.03. The summed E-state index contributed by atoms with van der Waals surface area (Å²) >= 11 is 0. The lowest BCUT2D eigenvalue weighted by Gasteiger charge is -2.07. The van der Waals surface area contributed by atoms with E-state index in [1.807, 2.05) is 0 Å². The number of ketones is 2. The number of aryl methyl sites for hydroxylation is 1. The molecule has 0 aliphatic heterocycles. The van der Waals surface area contributed by atoms with Crippen molar-refractivity contribution in [3.63, 3.8) is 0 Å². The fourth-order valence-corrected chi connectivity index (χ4v) is 1.98. The number of hydrogen-bond donors (Lipinski definition) is 0. The molecule has 1 aliphatic carbocycles. The van der Waals surface area contributed by atoms with Crippen LogP contribution < -0.4 is 0 Å². The Labute approximate surface area is 82.1 Å². The molecule has 0 N–H and O–H groups in total. The van der Waals surface area contributed by atoms with Crippen molar-refractivity contribution in [3.8, 4) is 0 Å². The Morgan fingerprint density at radius 3 is 2.64 bits per heavy atom. The standard InChI is InChI=1S/C11H12O3/c1-6-10-8(13)4-3-5-9(10)14-11(6)7(2)12/h3-5H2,1-2H3. The number of carbonyl (C=O) groups is 2. The van der Waals surface area contributed by atoms with Gasteiger partial charge < -0.3 is 4.42 Å². The molecule has 1 aromatic rings. The van der Waals surface area contributed by atoms with Crippen LogP contribution >= 0.6 is 0 Å². The summed E-state index contributed by atoms with van der Waals surface area (Å²) in [5.41, 5.74) is 1.37. The van der Waals surface area contributed by atoms with Crippen LogP contribution in [-0.2, 0) is 6.42 Å². The van der Waals surface area contributed by atoms with Crippen LogP contribution in [0, 0.1) is 6.92 Å². The molecule has 0 aromatic carbocycles. The van der Waals surface area contributed by atoms with Gasteiger partial charge in [0.05, 0.1) is 5.56 Å². The fraction of sp³-hybridized carbons (Fsp3) is 0.455. The van der Waals surface area contributed by atoms with E-state index in [9.17, 15) is 9.59 Å². The van der Waals surface area contributed by atoms with Crippen molar-refractivity contribution in [2.45, 2.75) is 33.1 Å². The predicted molar refractivity (Wildman–Crippen MR) is 50.7 cm³/mol. The summed E-state index contributed by atoms with van der Waals surface area (Å²) in [6.07, 6.45) is 2.18. The van der Waals surface area contributed by atoms with Crippen molar-refractivity contribution in [2.24, 2.45) is 0 Å². The third kappa shape index (κ3) is 1.20. The second kappa shape index (κ2) is 3.08. The van der Waals surface area contributed by atoms with Gasteiger partial charge in [-0.15, -0.1) is 0 Å². The Morgan fingerprint density at radius 2 is 2.07 bits per heavy atom. The number of rotatable bonds is 1. The Balaban J connectivity index is 2.60. The Kier molecular flexibility index (Phi) is 2.02. The van der Waals surface area contributed by atoms with E-state index in [0.717, 1.165) is 18.4 Å². The van der Waals surface area contributed by atoms with Gasteiger partial charge in [0.25, 0.3) is 0 Å². The van der Waals surface area contributed by atoms with Crippen molar-refractivity contribution >= 4 is 11.6 Å². The average molecular weight is 192 g/mol. The summed E-state index contributed by atoms with van der Waals surface area (Å²) in [6.45, 7) is 3.24. The quantitative estimate of drug-likeness (QED) is 0.641. The van der Waals surface area contributed by atoms with Gasteiger partial charge in [-0.25, -0.2) is 0 Å². The maximum Gasteiger partial charge on any atom is 0.195 e. The van der Waals surface area contributed by atoms with Crippen LogP contribution in [0.4, 0.5) is 0 Å². The highest BCUT2D eigenvalue weighted by Crippen LogP contribution is 2.29. The number of Topliss-reactive ketones (excluding diaryl/α,β-unsaturated/α-hetero) is 2. The van der Waals surface area contributed by atoms with Gasteiger partial charge in [0.15, 0.2) is 17.3 Å². The normalized spacial score (nSPS) is 15.4. The van der Waals surface area contributed by atoms with Gasteiger partial charge in [-0.1, -0.05) is 0 Å². The van der Waals surface area contributed by atoms with Crippen molar-refractivity contribution in [1.29, 1.82) is 0 Å². The molecule has 0 bridgehead atoms. The van der Waals surface area contributed by atoms with E-state index < -0.39 is 0 Å². The molecule has 0 spiro atoms. The minimum atomic E-state index is -0.107. The molecule has 1 heterocycles. The molecule has 3 heteroatoms. The molecule has 0 amide bonds. The van der Waals surface area contributed by atoms with E-state index in [-0.39, 0.29) is 11.6 Å². The minimum Gasteiger partial charge on any atom is -0.457 e. The van der Waals surface area contributed by atoms with Gasteiger partial charge in [0.2, 0.25) is 0 Å². The van der Waals surface area contributed by atoms with Crippen molar-refractivity contribution in [2.75, 3.05) is 0 Å². The summed E-state index contributed by atoms with van der Waals surface area (Å²) in [7, 11) is 0. The molecule has 74 valence electrons. The first-order valence-corrected chi connectivity index (χ1v) is 4.77. The van der Waals surface area contributed by atoms with E-state index >= 15 is 0 Å². The van der Waals surface area contributed by atoms with Crippen LogP contribution in [0.25, 0.3) is 0 Å². The maximum atomic E-state index is 11.6. The number of fused-ring (bicyclic) bond motifs is 1. The molecular weight excluding hydrogens is 180 g/mol. The first kappa shape index (κ1) is 9.19. The SMILES string of the molecule is CC(=O)c1oc2c(c1C)C(=O)CCC2. The van der Waals surface area contributed by atoms with Crippen molar-refractivity contribution in [3.05, 3.63) is 22.6 Å². The number of furan rings is 1. The van der Waals surface area contributed by atoms with Gasteiger partial charge in [-0.05, 0) is 13.3 Å². The summed E-state index contributed by atoms with van der Waals surface area (Å²) < 4.78 is 5.40. The zero-order valence-corrected chi connectivity index (χ0v) is 8.35. The van der Waals surface area contributed by atoms with Gasteiger partial charge in [0, 0.05) is 25.3 Å². The molecule has 3 nitrogen and oxygen atoms in total. The summed E-state index contributed by atoms with van der Waals surface area (Å²) in [6, 6.07) is 0. The van der Waals surface area contributed by atoms with Crippen LogP contribution in [0.15, 0.2) is 4.42 Å². The number of hydrogen-bond acceptors (Lipinski definition) is 3. The molecule has 0 radical (unpaired) electrons. The van der Waals surface area contributed by atoms with Gasteiger partial charge in [0.1, 0.15) is 5.76 Å². The second-order valence-corrected chi connectivity index (χ2v) is 3.69. The maximum absolute atomic E-state index is 11.6. The van der Waals surface area contributed by atoms with E-state index in [2.05, 4.69) is 0 Å². The van der Waals surface area contributed by atoms with Crippen LogP contribution in [0.5, 0.6) is 0 Å². The highest BCUT2D eigenvalue weighted by Gasteiger charge is 2.27. The van der Waals surface area contributed by atoms with Crippen molar-refractivity contribution < 1.29 is 14.0 Å². The first-order chi connectivity index (χ1) is 6.61. The molecule has 1 aliphatic rings. The second-order valence-electron chi connectivity index (χ2n) is 3.69. The molecule has 0 saturated heterocycles. The van der Waals surface area contributed by atoms with E-state index in [4.69, 9.17) is 4.42 Å². The predicted octanol–water partition coefficient (Wildman–Crippen LogP) is 2.31. The smallest absolute Gasteiger partial charge is 0.195 e. The Morgan fingerprint density at radius 1 is 1.36 bits per heavy atom. The lowest BCUT2D eigenvalue weighted by atomic mass is 9.94. The molecule has 0 fully saturated rings. The first-order valence-electron chi connectivity index (χ1n) is 4.77. The lowest BCUT2D eigenvalue weighted by molar-refractivity contribution is 0.0961. The van der Waals surface area contributed by atoms with Crippen LogP contribution in [-0.4, -0.2) is 11.6 Å². The van der Waals surface area contributed by atoms with Crippen LogP contribution in [0.1, 0.15) is 52.0 Å². The molecule has 1 aromatic heterocycles. The Bertz CT molecular complexity index is 412. The molecule has 14 heavy (non-hydrogen) atoms. The fourth-order valence-electron chi connectivity index (χ4n) is 1.98. The topological polar surface area (TPSA) is 47.3 Å². The number of carbonyl (C=O) groups excluding carboxylic acids is 2. The molecule has 2 rings (SSSR count). The van der Waals surface area contributed by atoms with Crippen LogP contribution in [0.3, 0.4) is 0 Å². The van der Waals surface area contributed by atoms with Crippen molar-refractivity contribution in [1.82, 2.24) is 0 Å². The molecule has 0 atom stereocenters. The van der Waals surface area contributed by atoms with Gasteiger partial charge in [-0.2, -0.15) is 0 Å². The summed E-state index contributed by atoms with van der Waals surface area (Å²) in [5.74, 6) is 1.05. The Hall–Kier alpha value is -1.38. The van der Waals surface area contributed by atoms with Crippen LogP contribution in [0.2, 0.25) is 0 Å². The summed E-state index contributed by atoms with van der Waals surface area (Å²) in [4.78, 5) is 22.8. The average Bonchev–Trinajstić information content (AvgIpc) is 2.45. The zero-order valence-electron chi connectivity index (χ0n) is 8.35. The monoisotopic (exact) mass is 192 g/mol.